The first-order valence-electron chi connectivity index (χ1n) is 9.57. The van der Waals surface area contributed by atoms with Crippen LogP contribution < -0.4 is 11.5 Å². The second-order valence-electron chi connectivity index (χ2n) is 7.28. The SMILES string of the molecule is N#Cc1ccc(-c2cc(C(=O)N3CCCC(N)C3)sc2-c2ccnc(N)c2)cc1F. The molecule has 1 fully saturated rings. The standard InChI is InChI=1S/C22H20FN5OS/c23-18-8-13(3-4-15(18)11-24)17-10-19(22(29)28-7-1-2-16(25)12-28)30-21(17)14-5-6-27-20(26)9-14/h3-6,8-10,16H,1-2,7,12,25H2,(H2,26,27). The molecule has 3 heterocycles. The lowest BCUT2D eigenvalue weighted by atomic mass is 10.0. The number of nitriles is 1. The number of halogens is 1. The van der Waals surface area contributed by atoms with Crippen LogP contribution in [0.3, 0.4) is 0 Å². The van der Waals surface area contributed by atoms with Gasteiger partial charge in [0.25, 0.3) is 5.91 Å². The van der Waals surface area contributed by atoms with Crippen molar-refractivity contribution in [2.45, 2.75) is 18.9 Å². The zero-order valence-electron chi connectivity index (χ0n) is 16.1. The maximum absolute atomic E-state index is 14.3. The molecule has 0 spiro atoms. The number of nitrogen functional groups attached to an aromatic ring is 1. The number of thiophene rings is 1. The normalized spacial score (nSPS) is 16.3. The third kappa shape index (κ3) is 3.90. The summed E-state index contributed by atoms with van der Waals surface area (Å²) in [6.45, 7) is 1.19. The van der Waals surface area contributed by atoms with Crippen molar-refractivity contribution in [2.24, 2.45) is 5.73 Å². The van der Waals surface area contributed by atoms with Crippen molar-refractivity contribution in [3.8, 4) is 27.6 Å². The average molecular weight is 422 g/mol. The zero-order chi connectivity index (χ0) is 21.3. The van der Waals surface area contributed by atoms with Crippen LogP contribution in [0.5, 0.6) is 0 Å². The fourth-order valence-electron chi connectivity index (χ4n) is 3.64. The topological polar surface area (TPSA) is 109 Å². The van der Waals surface area contributed by atoms with Gasteiger partial charge in [0.15, 0.2) is 0 Å². The number of aromatic nitrogens is 1. The fourth-order valence-corrected chi connectivity index (χ4v) is 4.78. The Kier molecular flexibility index (Phi) is 5.48. The molecular weight excluding hydrogens is 401 g/mol. The van der Waals surface area contributed by atoms with Gasteiger partial charge in [0, 0.05) is 35.8 Å². The van der Waals surface area contributed by atoms with Gasteiger partial charge in [-0.2, -0.15) is 5.26 Å². The highest BCUT2D eigenvalue weighted by Crippen LogP contribution is 2.40. The summed E-state index contributed by atoms with van der Waals surface area (Å²) in [7, 11) is 0. The van der Waals surface area contributed by atoms with E-state index in [0.29, 0.717) is 34.9 Å². The van der Waals surface area contributed by atoms with Crippen LogP contribution in [0.25, 0.3) is 21.6 Å². The van der Waals surface area contributed by atoms with Crippen LogP contribution in [0, 0.1) is 17.1 Å². The minimum absolute atomic E-state index is 0.0192. The van der Waals surface area contributed by atoms with Gasteiger partial charge in [0.1, 0.15) is 17.7 Å². The number of hydrogen-bond donors (Lipinski definition) is 2. The van der Waals surface area contributed by atoms with Crippen molar-refractivity contribution >= 4 is 23.1 Å². The summed E-state index contributed by atoms with van der Waals surface area (Å²) < 4.78 is 14.3. The van der Waals surface area contributed by atoms with E-state index in [0.717, 1.165) is 23.3 Å². The zero-order valence-corrected chi connectivity index (χ0v) is 17.0. The van der Waals surface area contributed by atoms with Crippen molar-refractivity contribution in [1.29, 1.82) is 5.26 Å². The van der Waals surface area contributed by atoms with Crippen LogP contribution in [0.1, 0.15) is 28.1 Å². The Hall–Kier alpha value is -3.28. The van der Waals surface area contributed by atoms with E-state index in [1.54, 1.807) is 35.4 Å². The van der Waals surface area contributed by atoms with E-state index in [1.807, 2.05) is 6.07 Å². The highest BCUT2D eigenvalue weighted by atomic mass is 32.1. The number of hydrogen-bond acceptors (Lipinski definition) is 6. The number of nitrogens with zero attached hydrogens (tertiary/aromatic N) is 3. The minimum atomic E-state index is -0.601. The molecule has 4 N–H and O–H groups in total. The third-order valence-corrected chi connectivity index (χ3v) is 6.30. The van der Waals surface area contributed by atoms with Crippen molar-refractivity contribution in [1.82, 2.24) is 9.88 Å². The molecule has 0 bridgehead atoms. The summed E-state index contributed by atoms with van der Waals surface area (Å²) in [4.78, 5) is 20.3. The van der Waals surface area contributed by atoms with E-state index in [1.165, 1.54) is 23.5 Å². The van der Waals surface area contributed by atoms with E-state index in [9.17, 15) is 9.18 Å². The number of likely N-dealkylation sites (tertiary alicyclic amines) is 1. The number of pyridine rings is 1. The molecule has 4 rings (SSSR count). The average Bonchev–Trinajstić information content (AvgIpc) is 3.18. The van der Waals surface area contributed by atoms with Crippen LogP contribution in [-0.2, 0) is 0 Å². The van der Waals surface area contributed by atoms with Gasteiger partial charge < -0.3 is 16.4 Å². The lowest BCUT2D eigenvalue weighted by molar-refractivity contribution is 0.0714. The van der Waals surface area contributed by atoms with Crippen LogP contribution in [0.4, 0.5) is 10.2 Å². The van der Waals surface area contributed by atoms with E-state index in [-0.39, 0.29) is 17.5 Å². The Morgan fingerprint density at radius 1 is 1.27 bits per heavy atom. The number of piperidine rings is 1. The number of amides is 1. The van der Waals surface area contributed by atoms with Gasteiger partial charge >= 0.3 is 0 Å². The molecule has 3 aromatic rings. The lowest BCUT2D eigenvalue weighted by Crippen LogP contribution is -2.45. The summed E-state index contributed by atoms with van der Waals surface area (Å²) in [5.41, 5.74) is 14.0. The fraction of sp³-hybridized carbons (Fsp3) is 0.227. The smallest absolute Gasteiger partial charge is 0.264 e. The van der Waals surface area contributed by atoms with Crippen LogP contribution in [0.2, 0.25) is 0 Å². The molecule has 1 unspecified atom stereocenters. The number of carbonyl (C=O) groups excluding carboxylic acids is 1. The van der Waals surface area contributed by atoms with E-state index >= 15 is 0 Å². The monoisotopic (exact) mass is 421 g/mol. The molecule has 1 aliphatic heterocycles. The van der Waals surface area contributed by atoms with Gasteiger partial charge in [-0.1, -0.05) is 6.07 Å². The van der Waals surface area contributed by atoms with Gasteiger partial charge in [-0.15, -0.1) is 11.3 Å². The van der Waals surface area contributed by atoms with Gasteiger partial charge in [0.2, 0.25) is 0 Å². The van der Waals surface area contributed by atoms with Crippen molar-refractivity contribution < 1.29 is 9.18 Å². The van der Waals surface area contributed by atoms with Gasteiger partial charge in [-0.25, -0.2) is 9.37 Å². The number of anilines is 1. The molecule has 30 heavy (non-hydrogen) atoms. The van der Waals surface area contributed by atoms with Gasteiger partial charge in [0.05, 0.1) is 10.4 Å². The first-order chi connectivity index (χ1) is 14.5. The molecule has 0 aliphatic carbocycles. The molecule has 1 aromatic carbocycles. The van der Waals surface area contributed by atoms with E-state index in [4.69, 9.17) is 16.7 Å². The maximum atomic E-state index is 14.3. The minimum Gasteiger partial charge on any atom is -0.384 e. The summed E-state index contributed by atoms with van der Waals surface area (Å²) in [5.74, 6) is -0.331. The predicted molar refractivity (Wildman–Crippen MR) is 115 cm³/mol. The summed E-state index contributed by atoms with van der Waals surface area (Å²) in [6, 6.07) is 11.6. The summed E-state index contributed by atoms with van der Waals surface area (Å²) in [6.07, 6.45) is 3.38. The molecule has 152 valence electrons. The quantitative estimate of drug-likeness (QED) is 0.671. The second kappa shape index (κ2) is 8.22. The molecule has 1 saturated heterocycles. The van der Waals surface area contributed by atoms with Gasteiger partial charge in [-0.3, -0.25) is 4.79 Å². The lowest BCUT2D eigenvalue weighted by Gasteiger charge is -2.30. The van der Waals surface area contributed by atoms with Crippen LogP contribution in [0.15, 0.2) is 42.6 Å². The van der Waals surface area contributed by atoms with Crippen LogP contribution >= 0.6 is 11.3 Å². The summed E-state index contributed by atoms with van der Waals surface area (Å²) >= 11 is 1.33. The Morgan fingerprint density at radius 2 is 2.10 bits per heavy atom. The highest BCUT2D eigenvalue weighted by Gasteiger charge is 2.25. The molecule has 6 nitrogen and oxygen atoms in total. The first kappa shape index (κ1) is 20.0. The number of rotatable bonds is 3. The van der Waals surface area contributed by atoms with Crippen LogP contribution in [-0.4, -0.2) is 34.9 Å². The Labute approximate surface area is 177 Å². The molecule has 0 radical (unpaired) electrons. The Balaban J connectivity index is 1.81. The van der Waals surface area contributed by atoms with Crippen molar-refractivity contribution in [2.75, 3.05) is 18.8 Å². The molecule has 0 saturated carbocycles. The van der Waals surface area contributed by atoms with Gasteiger partial charge in [-0.05, 0) is 54.3 Å². The number of benzene rings is 1. The molecule has 2 aromatic heterocycles. The maximum Gasteiger partial charge on any atom is 0.264 e. The van der Waals surface area contributed by atoms with Crippen molar-refractivity contribution in [3.05, 3.63) is 58.9 Å². The second-order valence-corrected chi connectivity index (χ2v) is 8.33. The molecule has 1 atom stereocenters. The molecular formula is C22H20FN5OS. The van der Waals surface area contributed by atoms with Crippen molar-refractivity contribution in [3.63, 3.8) is 0 Å². The third-order valence-electron chi connectivity index (χ3n) is 5.13. The van der Waals surface area contributed by atoms with E-state index < -0.39 is 5.82 Å². The van der Waals surface area contributed by atoms with E-state index in [2.05, 4.69) is 4.98 Å². The molecule has 1 amide bonds. The number of carbonyl (C=O) groups is 1. The highest BCUT2D eigenvalue weighted by molar-refractivity contribution is 7.18. The Morgan fingerprint density at radius 3 is 2.80 bits per heavy atom. The molecule has 1 aliphatic rings. The largest absolute Gasteiger partial charge is 0.384 e. The first-order valence-corrected chi connectivity index (χ1v) is 10.4. The summed E-state index contributed by atoms with van der Waals surface area (Å²) in [5, 5.41) is 9.02. The Bertz CT molecular complexity index is 1150. The molecule has 8 heteroatoms. The predicted octanol–water partition coefficient (Wildman–Crippen LogP) is 3.63. The number of nitrogens with two attached hydrogens (primary N) is 2.